The molecule has 0 aromatic carbocycles. The van der Waals surface area contributed by atoms with E-state index >= 15 is 0 Å². The summed E-state index contributed by atoms with van der Waals surface area (Å²) in [7, 11) is 0. The Hall–Kier alpha value is -1.26. The Morgan fingerprint density at radius 1 is 1.19 bits per heavy atom. The lowest BCUT2D eigenvalue weighted by Crippen LogP contribution is -2.56. The van der Waals surface area contributed by atoms with Crippen LogP contribution in [0.3, 0.4) is 0 Å². The van der Waals surface area contributed by atoms with Gasteiger partial charge in [0.25, 0.3) is 0 Å². The number of carboxylic acids is 1. The minimum atomic E-state index is -0.955. The third-order valence-electron chi connectivity index (χ3n) is 5.78. The number of hydrogen-bond acceptors (Lipinski definition) is 2. The number of carbonyl (C=O) groups excluding carboxylic acids is 1. The summed E-state index contributed by atoms with van der Waals surface area (Å²) in [5.41, 5.74) is -0.955. The normalized spacial score (nSPS) is 35.3. The summed E-state index contributed by atoms with van der Waals surface area (Å²) in [6, 6.07) is -0.0299. The quantitative estimate of drug-likeness (QED) is 0.870. The van der Waals surface area contributed by atoms with E-state index in [0.29, 0.717) is 31.2 Å². The van der Waals surface area contributed by atoms with E-state index in [2.05, 4.69) is 0 Å². The predicted octanol–water partition coefficient (Wildman–Crippen LogP) is 2.56. The van der Waals surface area contributed by atoms with Gasteiger partial charge in [-0.3, -0.25) is 0 Å². The van der Waals surface area contributed by atoms with Crippen LogP contribution >= 0.6 is 0 Å². The SMILES string of the molecule is CCCC1(C(=O)O)CCCN1C(=O)N1CC2CCCC2C1. The lowest BCUT2D eigenvalue weighted by molar-refractivity contribution is -0.148. The summed E-state index contributed by atoms with van der Waals surface area (Å²) in [6.45, 7) is 4.26. The fourth-order valence-electron chi connectivity index (χ4n) is 4.72. The van der Waals surface area contributed by atoms with E-state index in [1.807, 2.05) is 11.8 Å². The van der Waals surface area contributed by atoms with Gasteiger partial charge in [0.1, 0.15) is 5.54 Å². The van der Waals surface area contributed by atoms with Crippen molar-refractivity contribution in [1.82, 2.24) is 9.80 Å². The summed E-state index contributed by atoms with van der Waals surface area (Å²) >= 11 is 0. The first-order chi connectivity index (χ1) is 10.1. The molecule has 0 radical (unpaired) electrons. The second kappa shape index (κ2) is 5.50. The maximum Gasteiger partial charge on any atom is 0.329 e. The highest BCUT2D eigenvalue weighted by molar-refractivity contribution is 5.87. The molecular formula is C16H26N2O3. The number of urea groups is 1. The first-order valence-corrected chi connectivity index (χ1v) is 8.38. The molecule has 118 valence electrons. The molecular weight excluding hydrogens is 268 g/mol. The van der Waals surface area contributed by atoms with Gasteiger partial charge in [0, 0.05) is 19.6 Å². The van der Waals surface area contributed by atoms with E-state index in [1.54, 1.807) is 4.90 Å². The van der Waals surface area contributed by atoms with Crippen molar-refractivity contribution < 1.29 is 14.7 Å². The second-order valence-electron chi connectivity index (χ2n) is 6.98. The Labute approximate surface area is 126 Å². The Morgan fingerprint density at radius 3 is 2.43 bits per heavy atom. The first-order valence-electron chi connectivity index (χ1n) is 8.38. The number of carboxylic acid groups (broad SMARTS) is 1. The zero-order chi connectivity index (χ0) is 15.0. The fourth-order valence-corrected chi connectivity index (χ4v) is 4.72. The number of amides is 2. The molecule has 0 bridgehead atoms. The van der Waals surface area contributed by atoms with Crippen LogP contribution in [0.4, 0.5) is 4.79 Å². The number of aliphatic carboxylic acids is 1. The van der Waals surface area contributed by atoms with Crippen LogP contribution in [-0.2, 0) is 4.79 Å². The van der Waals surface area contributed by atoms with Crippen molar-refractivity contribution in [2.45, 2.75) is 57.4 Å². The van der Waals surface area contributed by atoms with Gasteiger partial charge < -0.3 is 14.9 Å². The molecule has 1 N–H and O–H groups in total. The van der Waals surface area contributed by atoms with Crippen LogP contribution in [-0.4, -0.2) is 52.1 Å². The van der Waals surface area contributed by atoms with Crippen molar-refractivity contribution in [3.63, 3.8) is 0 Å². The van der Waals surface area contributed by atoms with Gasteiger partial charge in [-0.2, -0.15) is 0 Å². The molecule has 2 saturated heterocycles. The zero-order valence-corrected chi connectivity index (χ0v) is 12.9. The largest absolute Gasteiger partial charge is 0.479 e. The van der Waals surface area contributed by atoms with Gasteiger partial charge in [-0.05, 0) is 43.9 Å². The van der Waals surface area contributed by atoms with Gasteiger partial charge in [-0.25, -0.2) is 9.59 Å². The van der Waals surface area contributed by atoms with Crippen LogP contribution in [0.15, 0.2) is 0 Å². The summed E-state index contributed by atoms with van der Waals surface area (Å²) in [4.78, 5) is 28.3. The molecule has 3 atom stereocenters. The monoisotopic (exact) mass is 294 g/mol. The Bertz CT molecular complexity index is 427. The molecule has 0 spiro atoms. The predicted molar refractivity (Wildman–Crippen MR) is 79.0 cm³/mol. The van der Waals surface area contributed by atoms with Gasteiger partial charge in [-0.1, -0.05) is 19.8 Å². The second-order valence-corrected chi connectivity index (χ2v) is 6.98. The molecule has 2 aliphatic heterocycles. The third kappa shape index (κ3) is 2.30. The van der Waals surface area contributed by atoms with E-state index in [1.165, 1.54) is 19.3 Å². The van der Waals surface area contributed by atoms with Crippen LogP contribution in [0.25, 0.3) is 0 Å². The van der Waals surface area contributed by atoms with E-state index in [4.69, 9.17) is 0 Å². The minimum Gasteiger partial charge on any atom is -0.479 e. The van der Waals surface area contributed by atoms with Crippen molar-refractivity contribution in [2.75, 3.05) is 19.6 Å². The Balaban J connectivity index is 1.75. The molecule has 3 fully saturated rings. The van der Waals surface area contributed by atoms with E-state index in [-0.39, 0.29) is 6.03 Å². The molecule has 0 aromatic heterocycles. The van der Waals surface area contributed by atoms with E-state index in [0.717, 1.165) is 25.9 Å². The molecule has 5 heteroatoms. The summed E-state index contributed by atoms with van der Waals surface area (Å²) in [5.74, 6) is 0.485. The van der Waals surface area contributed by atoms with Crippen molar-refractivity contribution in [3.8, 4) is 0 Å². The molecule has 0 aromatic rings. The molecule has 1 aliphatic carbocycles. The number of fused-ring (bicyclic) bond motifs is 1. The minimum absolute atomic E-state index is 0.0299. The van der Waals surface area contributed by atoms with Crippen molar-refractivity contribution in [2.24, 2.45) is 11.8 Å². The maximum atomic E-state index is 12.9. The topological polar surface area (TPSA) is 60.9 Å². The van der Waals surface area contributed by atoms with Gasteiger partial charge >= 0.3 is 12.0 Å². The van der Waals surface area contributed by atoms with Crippen LogP contribution in [0, 0.1) is 11.8 Å². The lowest BCUT2D eigenvalue weighted by atomic mass is 9.91. The summed E-state index contributed by atoms with van der Waals surface area (Å²) < 4.78 is 0. The van der Waals surface area contributed by atoms with Crippen molar-refractivity contribution >= 4 is 12.0 Å². The molecule has 3 aliphatic rings. The molecule has 2 amide bonds. The van der Waals surface area contributed by atoms with Crippen LogP contribution < -0.4 is 0 Å². The first kappa shape index (κ1) is 14.7. The number of nitrogens with zero attached hydrogens (tertiary/aromatic N) is 2. The average Bonchev–Trinajstić information content (AvgIpc) is 3.11. The Morgan fingerprint density at radius 2 is 1.86 bits per heavy atom. The fraction of sp³-hybridized carbons (Fsp3) is 0.875. The molecule has 3 rings (SSSR count). The molecule has 5 nitrogen and oxygen atoms in total. The van der Waals surface area contributed by atoms with Crippen LogP contribution in [0.5, 0.6) is 0 Å². The standard InChI is InChI=1S/C16H26N2O3/c1-2-7-16(14(19)20)8-4-9-18(16)15(21)17-10-12-5-3-6-13(12)11-17/h12-13H,2-11H2,1H3,(H,19,20). The van der Waals surface area contributed by atoms with Crippen LogP contribution in [0.2, 0.25) is 0 Å². The number of hydrogen-bond donors (Lipinski definition) is 1. The highest BCUT2D eigenvalue weighted by atomic mass is 16.4. The van der Waals surface area contributed by atoms with Gasteiger partial charge in [0.2, 0.25) is 0 Å². The summed E-state index contributed by atoms with van der Waals surface area (Å²) in [5, 5.41) is 9.71. The third-order valence-corrected chi connectivity index (χ3v) is 5.78. The van der Waals surface area contributed by atoms with E-state index in [9.17, 15) is 14.7 Å². The Kier molecular flexibility index (Phi) is 3.84. The summed E-state index contributed by atoms with van der Waals surface area (Å²) in [6.07, 6.45) is 6.51. The number of carbonyl (C=O) groups is 2. The highest BCUT2D eigenvalue weighted by Gasteiger charge is 2.51. The smallest absolute Gasteiger partial charge is 0.329 e. The molecule has 1 saturated carbocycles. The van der Waals surface area contributed by atoms with Gasteiger partial charge in [0.15, 0.2) is 0 Å². The molecule has 2 heterocycles. The maximum absolute atomic E-state index is 12.9. The number of rotatable bonds is 3. The van der Waals surface area contributed by atoms with Crippen LogP contribution in [0.1, 0.15) is 51.9 Å². The van der Waals surface area contributed by atoms with Crippen molar-refractivity contribution in [3.05, 3.63) is 0 Å². The molecule has 21 heavy (non-hydrogen) atoms. The van der Waals surface area contributed by atoms with Gasteiger partial charge in [-0.15, -0.1) is 0 Å². The van der Waals surface area contributed by atoms with Gasteiger partial charge in [0.05, 0.1) is 0 Å². The lowest BCUT2D eigenvalue weighted by Gasteiger charge is -2.37. The van der Waals surface area contributed by atoms with E-state index < -0.39 is 11.5 Å². The average molecular weight is 294 g/mol. The zero-order valence-electron chi connectivity index (χ0n) is 12.9. The number of likely N-dealkylation sites (tertiary alicyclic amines) is 2. The highest BCUT2D eigenvalue weighted by Crippen LogP contribution is 2.40. The van der Waals surface area contributed by atoms with Crippen molar-refractivity contribution in [1.29, 1.82) is 0 Å². The molecule has 3 unspecified atom stereocenters.